The van der Waals surface area contributed by atoms with Crippen LogP contribution < -0.4 is 5.73 Å². The van der Waals surface area contributed by atoms with Crippen LogP contribution in [0, 0.1) is 0 Å². The van der Waals surface area contributed by atoms with Gasteiger partial charge in [-0.2, -0.15) is 0 Å². The molecule has 1 unspecified atom stereocenters. The summed E-state index contributed by atoms with van der Waals surface area (Å²) >= 11 is 0. The van der Waals surface area contributed by atoms with E-state index in [0.717, 1.165) is 38.6 Å². The molecule has 0 spiro atoms. The van der Waals surface area contributed by atoms with Crippen molar-refractivity contribution in [2.24, 2.45) is 5.73 Å². The van der Waals surface area contributed by atoms with Crippen molar-refractivity contribution in [3.8, 4) is 0 Å². The molecule has 0 amide bonds. The summed E-state index contributed by atoms with van der Waals surface area (Å²) in [6.45, 7) is 6.98. The number of aliphatic hydroxyl groups is 1. The van der Waals surface area contributed by atoms with Crippen molar-refractivity contribution < 1.29 is 9.84 Å². The van der Waals surface area contributed by atoms with Crippen molar-refractivity contribution >= 4 is 0 Å². The van der Waals surface area contributed by atoms with Gasteiger partial charge in [-0.25, -0.2) is 0 Å². The van der Waals surface area contributed by atoms with Gasteiger partial charge in [0.1, 0.15) is 0 Å². The first-order valence-corrected chi connectivity index (χ1v) is 7.20. The Balaban J connectivity index is 1.62. The van der Waals surface area contributed by atoms with Crippen LogP contribution in [0.4, 0.5) is 0 Å². The van der Waals surface area contributed by atoms with E-state index in [2.05, 4.69) is 9.80 Å². The van der Waals surface area contributed by atoms with Crippen LogP contribution in [-0.4, -0.2) is 79.5 Å². The summed E-state index contributed by atoms with van der Waals surface area (Å²) in [5.74, 6) is 0. The highest BCUT2D eigenvalue weighted by molar-refractivity contribution is 4.86. The Labute approximate surface area is 110 Å². The Morgan fingerprint density at radius 1 is 1.11 bits per heavy atom. The van der Waals surface area contributed by atoms with Gasteiger partial charge in [0.05, 0.1) is 19.8 Å². The molecule has 0 saturated carbocycles. The van der Waals surface area contributed by atoms with Gasteiger partial charge in [0.15, 0.2) is 0 Å². The standard InChI is InChI=1S/C13H27N3O2/c14-12-1-5-16(6-2-12)13-3-4-15(11-13)7-9-18-10-8-17/h12-13,17H,1-11,14H2. The van der Waals surface area contributed by atoms with E-state index < -0.39 is 0 Å². The molecule has 18 heavy (non-hydrogen) atoms. The van der Waals surface area contributed by atoms with Crippen LogP contribution in [0.25, 0.3) is 0 Å². The Hall–Kier alpha value is -0.200. The Bertz CT molecular complexity index is 232. The zero-order valence-corrected chi connectivity index (χ0v) is 11.3. The first kappa shape index (κ1) is 14.2. The number of nitrogens with two attached hydrogens (primary N) is 1. The summed E-state index contributed by atoms with van der Waals surface area (Å²) in [4.78, 5) is 5.08. The minimum atomic E-state index is 0.122. The third-order valence-corrected chi connectivity index (χ3v) is 4.13. The molecule has 0 bridgehead atoms. The molecule has 0 aromatic carbocycles. The van der Waals surface area contributed by atoms with Gasteiger partial charge in [-0.3, -0.25) is 9.80 Å². The SMILES string of the molecule is NC1CCN(C2CCN(CCOCCO)C2)CC1. The second-order valence-electron chi connectivity index (χ2n) is 5.45. The maximum Gasteiger partial charge on any atom is 0.0698 e. The summed E-state index contributed by atoms with van der Waals surface area (Å²) in [6.07, 6.45) is 3.57. The van der Waals surface area contributed by atoms with Crippen molar-refractivity contribution in [1.29, 1.82) is 0 Å². The molecule has 2 aliphatic rings. The summed E-state index contributed by atoms with van der Waals surface area (Å²) in [6, 6.07) is 1.14. The first-order chi connectivity index (χ1) is 8.79. The van der Waals surface area contributed by atoms with Crippen LogP contribution in [0.1, 0.15) is 19.3 Å². The maximum atomic E-state index is 8.64. The number of likely N-dealkylation sites (tertiary alicyclic amines) is 2. The lowest BCUT2D eigenvalue weighted by Gasteiger charge is -2.34. The van der Waals surface area contributed by atoms with E-state index in [1.807, 2.05) is 0 Å². The van der Waals surface area contributed by atoms with Crippen molar-refractivity contribution in [3.05, 3.63) is 0 Å². The monoisotopic (exact) mass is 257 g/mol. The normalized spacial score (nSPS) is 28.0. The summed E-state index contributed by atoms with van der Waals surface area (Å²) in [5, 5.41) is 8.64. The molecule has 106 valence electrons. The second-order valence-corrected chi connectivity index (χ2v) is 5.45. The molecule has 0 aliphatic carbocycles. The van der Waals surface area contributed by atoms with Crippen LogP contribution in [0.2, 0.25) is 0 Å². The lowest BCUT2D eigenvalue weighted by molar-refractivity contribution is 0.0754. The van der Waals surface area contributed by atoms with E-state index in [0.29, 0.717) is 12.6 Å². The van der Waals surface area contributed by atoms with Gasteiger partial charge >= 0.3 is 0 Å². The van der Waals surface area contributed by atoms with Gasteiger partial charge in [-0.15, -0.1) is 0 Å². The minimum Gasteiger partial charge on any atom is -0.394 e. The zero-order chi connectivity index (χ0) is 12.8. The van der Waals surface area contributed by atoms with E-state index in [1.165, 1.54) is 26.1 Å². The third kappa shape index (κ3) is 4.17. The zero-order valence-electron chi connectivity index (χ0n) is 11.3. The van der Waals surface area contributed by atoms with Crippen LogP contribution in [-0.2, 0) is 4.74 Å². The first-order valence-electron chi connectivity index (χ1n) is 7.20. The van der Waals surface area contributed by atoms with Gasteiger partial charge in [0.2, 0.25) is 0 Å². The number of piperidine rings is 1. The maximum absolute atomic E-state index is 8.64. The molecule has 2 fully saturated rings. The number of rotatable bonds is 6. The van der Waals surface area contributed by atoms with Crippen LogP contribution in [0.5, 0.6) is 0 Å². The lowest BCUT2D eigenvalue weighted by Crippen LogP contribution is -2.46. The van der Waals surface area contributed by atoms with Gasteiger partial charge in [0.25, 0.3) is 0 Å². The van der Waals surface area contributed by atoms with Crippen molar-refractivity contribution in [2.75, 3.05) is 52.5 Å². The highest BCUT2D eigenvalue weighted by Crippen LogP contribution is 2.19. The fourth-order valence-electron chi connectivity index (χ4n) is 2.96. The van der Waals surface area contributed by atoms with Crippen LogP contribution in [0.15, 0.2) is 0 Å². The molecule has 2 rings (SSSR count). The third-order valence-electron chi connectivity index (χ3n) is 4.13. The second kappa shape index (κ2) is 7.40. The predicted molar refractivity (Wildman–Crippen MR) is 71.5 cm³/mol. The average molecular weight is 257 g/mol. The molecule has 1 atom stereocenters. The Morgan fingerprint density at radius 2 is 1.89 bits per heavy atom. The minimum absolute atomic E-state index is 0.122. The molecule has 5 heteroatoms. The highest BCUT2D eigenvalue weighted by atomic mass is 16.5. The van der Waals surface area contributed by atoms with E-state index in [9.17, 15) is 0 Å². The molecule has 0 radical (unpaired) electrons. The number of ether oxygens (including phenoxy) is 1. The fraction of sp³-hybridized carbons (Fsp3) is 1.00. The molecule has 2 saturated heterocycles. The van der Waals surface area contributed by atoms with E-state index >= 15 is 0 Å². The number of hydrogen-bond donors (Lipinski definition) is 2. The smallest absolute Gasteiger partial charge is 0.0698 e. The van der Waals surface area contributed by atoms with Gasteiger partial charge in [-0.1, -0.05) is 0 Å². The van der Waals surface area contributed by atoms with Gasteiger partial charge < -0.3 is 15.6 Å². The number of aliphatic hydroxyl groups excluding tert-OH is 1. The molecular weight excluding hydrogens is 230 g/mol. The largest absolute Gasteiger partial charge is 0.394 e. The Kier molecular flexibility index (Phi) is 5.85. The van der Waals surface area contributed by atoms with Crippen molar-refractivity contribution in [3.63, 3.8) is 0 Å². The molecule has 3 N–H and O–H groups in total. The summed E-state index contributed by atoms with van der Waals surface area (Å²) in [7, 11) is 0. The van der Waals surface area contributed by atoms with E-state index in [1.54, 1.807) is 0 Å². The molecule has 0 aromatic rings. The number of hydrogen-bond acceptors (Lipinski definition) is 5. The molecule has 2 aliphatic heterocycles. The predicted octanol–water partition coefficient (Wildman–Crippen LogP) is -0.507. The van der Waals surface area contributed by atoms with Crippen LogP contribution in [0.3, 0.4) is 0 Å². The average Bonchev–Trinajstić information content (AvgIpc) is 2.84. The fourth-order valence-corrected chi connectivity index (χ4v) is 2.96. The van der Waals surface area contributed by atoms with Gasteiger partial charge in [0, 0.05) is 25.2 Å². The van der Waals surface area contributed by atoms with E-state index in [-0.39, 0.29) is 6.61 Å². The van der Waals surface area contributed by atoms with Crippen molar-refractivity contribution in [2.45, 2.75) is 31.3 Å². The Morgan fingerprint density at radius 3 is 2.61 bits per heavy atom. The summed E-state index contributed by atoms with van der Waals surface area (Å²) < 4.78 is 5.32. The lowest BCUT2D eigenvalue weighted by atomic mass is 10.0. The van der Waals surface area contributed by atoms with E-state index in [4.69, 9.17) is 15.6 Å². The molecular formula is C13H27N3O2. The number of nitrogens with zero attached hydrogens (tertiary/aromatic N) is 2. The molecule has 0 aromatic heterocycles. The van der Waals surface area contributed by atoms with Crippen molar-refractivity contribution in [1.82, 2.24) is 9.80 Å². The van der Waals surface area contributed by atoms with Crippen LogP contribution >= 0.6 is 0 Å². The molecule has 5 nitrogen and oxygen atoms in total. The highest BCUT2D eigenvalue weighted by Gasteiger charge is 2.29. The quantitative estimate of drug-likeness (QED) is 0.628. The molecule has 2 heterocycles. The topological polar surface area (TPSA) is 62.0 Å². The van der Waals surface area contributed by atoms with Gasteiger partial charge in [-0.05, 0) is 38.9 Å². The summed E-state index contributed by atoms with van der Waals surface area (Å²) in [5.41, 5.74) is 5.94.